The SMILES string of the molecule is CN1CC(B2OC(C)(C)C(C)(C)O2)CN1CCC1CCCCC1. The highest BCUT2D eigenvalue weighted by molar-refractivity contribution is 6.47. The monoisotopic (exact) mass is 322 g/mol. The van der Waals surface area contributed by atoms with Crippen LogP contribution < -0.4 is 0 Å². The average molecular weight is 322 g/mol. The van der Waals surface area contributed by atoms with Gasteiger partial charge in [-0.15, -0.1) is 0 Å². The summed E-state index contributed by atoms with van der Waals surface area (Å²) in [7, 11) is 2.15. The molecule has 1 saturated carbocycles. The molecule has 23 heavy (non-hydrogen) atoms. The Morgan fingerprint density at radius 2 is 1.57 bits per heavy atom. The zero-order valence-corrected chi connectivity index (χ0v) is 15.8. The van der Waals surface area contributed by atoms with Crippen molar-refractivity contribution in [2.45, 2.75) is 83.2 Å². The second-order valence-electron chi connectivity index (χ2n) is 8.93. The molecule has 2 aliphatic heterocycles. The minimum atomic E-state index is -0.217. The first-order valence-electron chi connectivity index (χ1n) is 9.60. The third-order valence-electron chi connectivity index (χ3n) is 6.60. The Kier molecular flexibility index (Phi) is 5.13. The molecule has 3 rings (SSSR count). The zero-order chi connectivity index (χ0) is 16.7. The molecule has 0 N–H and O–H groups in total. The predicted molar refractivity (Wildman–Crippen MR) is 95.2 cm³/mol. The highest BCUT2D eigenvalue weighted by Gasteiger charge is 2.55. The van der Waals surface area contributed by atoms with Crippen molar-refractivity contribution in [3.63, 3.8) is 0 Å². The van der Waals surface area contributed by atoms with Crippen LogP contribution in [0.25, 0.3) is 0 Å². The van der Waals surface area contributed by atoms with Crippen LogP contribution in [0.2, 0.25) is 5.82 Å². The number of nitrogens with zero attached hydrogens (tertiary/aromatic N) is 2. The minimum Gasteiger partial charge on any atom is -0.403 e. The van der Waals surface area contributed by atoms with Gasteiger partial charge in [-0.2, -0.15) is 0 Å². The molecule has 2 saturated heterocycles. The van der Waals surface area contributed by atoms with E-state index >= 15 is 0 Å². The number of rotatable bonds is 4. The summed E-state index contributed by atoms with van der Waals surface area (Å²) in [6.07, 6.45) is 8.56. The fraction of sp³-hybridized carbons (Fsp3) is 1.00. The molecule has 2 heterocycles. The fourth-order valence-corrected chi connectivity index (χ4v) is 4.25. The first-order chi connectivity index (χ1) is 10.8. The lowest BCUT2D eigenvalue weighted by Gasteiger charge is -2.32. The van der Waals surface area contributed by atoms with Gasteiger partial charge in [-0.25, -0.2) is 10.0 Å². The summed E-state index contributed by atoms with van der Waals surface area (Å²) in [4.78, 5) is 0. The summed E-state index contributed by atoms with van der Waals surface area (Å²) in [5.74, 6) is 1.40. The fourth-order valence-electron chi connectivity index (χ4n) is 4.25. The van der Waals surface area contributed by atoms with Gasteiger partial charge < -0.3 is 9.31 Å². The summed E-state index contributed by atoms with van der Waals surface area (Å²) in [5.41, 5.74) is -0.433. The van der Waals surface area contributed by atoms with Crippen LogP contribution in [0.3, 0.4) is 0 Å². The van der Waals surface area contributed by atoms with Crippen molar-refractivity contribution in [3.05, 3.63) is 0 Å². The van der Waals surface area contributed by atoms with Crippen LogP contribution in [0.15, 0.2) is 0 Å². The van der Waals surface area contributed by atoms with Gasteiger partial charge in [0.25, 0.3) is 0 Å². The first kappa shape index (κ1) is 17.7. The van der Waals surface area contributed by atoms with Crippen LogP contribution in [0, 0.1) is 5.92 Å². The molecule has 0 aromatic heterocycles. The van der Waals surface area contributed by atoms with Gasteiger partial charge >= 0.3 is 7.12 Å². The van der Waals surface area contributed by atoms with Crippen LogP contribution >= 0.6 is 0 Å². The van der Waals surface area contributed by atoms with Crippen molar-refractivity contribution in [1.29, 1.82) is 0 Å². The van der Waals surface area contributed by atoms with Crippen LogP contribution in [0.4, 0.5) is 0 Å². The van der Waals surface area contributed by atoms with E-state index < -0.39 is 0 Å². The van der Waals surface area contributed by atoms with E-state index in [-0.39, 0.29) is 18.3 Å². The third kappa shape index (κ3) is 3.78. The van der Waals surface area contributed by atoms with Crippen LogP contribution in [-0.2, 0) is 9.31 Å². The van der Waals surface area contributed by atoms with E-state index in [4.69, 9.17) is 9.31 Å². The molecule has 1 atom stereocenters. The Bertz CT molecular complexity index is 394. The maximum atomic E-state index is 6.26. The number of hydrogen-bond donors (Lipinski definition) is 0. The topological polar surface area (TPSA) is 24.9 Å². The maximum Gasteiger partial charge on any atom is 0.463 e. The van der Waals surface area contributed by atoms with Crippen molar-refractivity contribution in [1.82, 2.24) is 10.0 Å². The van der Waals surface area contributed by atoms with Gasteiger partial charge in [-0.1, -0.05) is 32.1 Å². The average Bonchev–Trinajstić information content (AvgIpc) is 2.95. The van der Waals surface area contributed by atoms with Gasteiger partial charge in [-0.3, -0.25) is 0 Å². The molecule has 5 heteroatoms. The predicted octanol–water partition coefficient (Wildman–Crippen LogP) is 3.58. The molecule has 0 amide bonds. The zero-order valence-electron chi connectivity index (χ0n) is 15.8. The summed E-state index contributed by atoms with van der Waals surface area (Å²) in [6, 6.07) is 0. The molecule has 0 aromatic carbocycles. The van der Waals surface area contributed by atoms with E-state index in [2.05, 4.69) is 44.8 Å². The Morgan fingerprint density at radius 3 is 2.17 bits per heavy atom. The van der Waals surface area contributed by atoms with Gasteiger partial charge in [0.05, 0.1) is 11.2 Å². The smallest absolute Gasteiger partial charge is 0.403 e. The van der Waals surface area contributed by atoms with Crippen molar-refractivity contribution < 1.29 is 9.31 Å². The first-order valence-corrected chi connectivity index (χ1v) is 9.60. The molecule has 0 spiro atoms. The van der Waals surface area contributed by atoms with Crippen molar-refractivity contribution in [3.8, 4) is 0 Å². The standard InChI is InChI=1S/C18H35BN2O2/c1-17(2)18(3,4)23-19(22-17)16-13-20(5)21(14-16)12-11-15-9-7-6-8-10-15/h15-16H,6-14H2,1-5H3. The quantitative estimate of drug-likeness (QED) is 0.739. The van der Waals surface area contributed by atoms with Gasteiger partial charge in [0.2, 0.25) is 0 Å². The lowest BCUT2D eigenvalue weighted by molar-refractivity contribution is 0.00578. The number of hydrazine groups is 1. The van der Waals surface area contributed by atoms with Crippen LogP contribution in [0.5, 0.6) is 0 Å². The Labute approximate surface area is 143 Å². The van der Waals surface area contributed by atoms with E-state index in [1.165, 1.54) is 45.1 Å². The molecular weight excluding hydrogens is 287 g/mol. The Morgan fingerprint density at radius 1 is 0.957 bits per heavy atom. The summed E-state index contributed by atoms with van der Waals surface area (Å²) in [6.45, 7) is 11.9. The molecule has 1 aliphatic carbocycles. The van der Waals surface area contributed by atoms with E-state index in [1.807, 2.05) is 0 Å². The largest absolute Gasteiger partial charge is 0.463 e. The molecule has 0 aromatic rings. The second-order valence-corrected chi connectivity index (χ2v) is 8.93. The van der Waals surface area contributed by atoms with Crippen molar-refractivity contribution in [2.75, 3.05) is 26.7 Å². The van der Waals surface area contributed by atoms with E-state index in [9.17, 15) is 0 Å². The van der Waals surface area contributed by atoms with Crippen molar-refractivity contribution in [2.24, 2.45) is 5.92 Å². The maximum absolute atomic E-state index is 6.26. The Hall–Kier alpha value is -0.0951. The lowest BCUT2D eigenvalue weighted by Crippen LogP contribution is -2.41. The molecule has 1 unspecified atom stereocenters. The molecule has 0 radical (unpaired) electrons. The highest BCUT2D eigenvalue weighted by atomic mass is 16.7. The minimum absolute atomic E-state index is 0.0675. The molecular formula is C18H35BN2O2. The van der Waals surface area contributed by atoms with Gasteiger partial charge in [-0.05, 0) is 40.0 Å². The van der Waals surface area contributed by atoms with Gasteiger partial charge in [0.1, 0.15) is 0 Å². The van der Waals surface area contributed by atoms with Crippen LogP contribution in [0.1, 0.15) is 66.2 Å². The van der Waals surface area contributed by atoms with Gasteiger partial charge in [0, 0.05) is 32.5 Å². The number of hydrogen-bond acceptors (Lipinski definition) is 4. The van der Waals surface area contributed by atoms with Gasteiger partial charge in [0.15, 0.2) is 0 Å². The van der Waals surface area contributed by atoms with Crippen molar-refractivity contribution >= 4 is 7.12 Å². The molecule has 3 aliphatic rings. The van der Waals surface area contributed by atoms with E-state index in [0.717, 1.165) is 19.0 Å². The van der Waals surface area contributed by atoms with E-state index in [0.29, 0.717) is 5.82 Å². The molecule has 0 bridgehead atoms. The third-order valence-corrected chi connectivity index (χ3v) is 6.60. The highest BCUT2D eigenvalue weighted by Crippen LogP contribution is 2.41. The second kappa shape index (κ2) is 6.66. The summed E-state index contributed by atoms with van der Waals surface area (Å²) in [5, 5.41) is 4.91. The lowest BCUT2D eigenvalue weighted by atomic mass is 9.72. The normalized spacial score (nSPS) is 32.7. The van der Waals surface area contributed by atoms with Crippen LogP contribution in [-0.4, -0.2) is 55.0 Å². The summed E-state index contributed by atoms with van der Waals surface area (Å²) >= 11 is 0. The summed E-state index contributed by atoms with van der Waals surface area (Å²) < 4.78 is 12.5. The Balaban J connectivity index is 1.50. The molecule has 4 nitrogen and oxygen atoms in total. The molecule has 132 valence electrons. The molecule has 3 fully saturated rings. The van der Waals surface area contributed by atoms with E-state index in [1.54, 1.807) is 0 Å².